The lowest BCUT2D eigenvalue weighted by Gasteiger charge is -2.21. The van der Waals surface area contributed by atoms with Crippen LogP contribution in [-0.4, -0.2) is 4.57 Å². The molecule has 0 N–H and O–H groups in total. The molecule has 0 radical (unpaired) electrons. The molecule has 11 rings (SSSR count). The smallest absolute Gasteiger partial charge is 0.0541 e. The van der Waals surface area contributed by atoms with Gasteiger partial charge in [0.05, 0.1) is 11.0 Å². The average Bonchev–Trinajstić information content (AvgIpc) is 3.83. The lowest BCUT2D eigenvalue weighted by molar-refractivity contribution is 0.661. The standard InChI is InChI=1S/C51H35NS/c1-51(2)44-25-21-36(31-43(44)49-45(51)26-24-40-39-15-9-10-16-48(39)53-50(40)49)37-23-28-47-42(30-37)41-29-35(22-27-46(41)52(47)38-13-7-4-8-14-38)34-19-17-33(18-20-34)32-11-5-3-6-12-32/h3-31H,1-2H3. The van der Waals surface area contributed by atoms with Crippen molar-refractivity contribution in [1.29, 1.82) is 0 Å². The van der Waals surface area contributed by atoms with Crippen LogP contribution >= 0.6 is 11.3 Å². The zero-order chi connectivity index (χ0) is 35.3. The number of hydrogen-bond acceptors (Lipinski definition) is 1. The highest BCUT2D eigenvalue weighted by Crippen LogP contribution is 2.54. The van der Waals surface area contributed by atoms with Crippen LogP contribution in [0.3, 0.4) is 0 Å². The summed E-state index contributed by atoms with van der Waals surface area (Å²) in [6, 6.07) is 65.1. The molecule has 10 aromatic rings. The largest absolute Gasteiger partial charge is 0.309 e. The summed E-state index contributed by atoms with van der Waals surface area (Å²) in [5.74, 6) is 0. The molecule has 0 bridgehead atoms. The van der Waals surface area contributed by atoms with E-state index in [4.69, 9.17) is 0 Å². The molecule has 0 fully saturated rings. The molecule has 0 atom stereocenters. The fourth-order valence-electron chi connectivity index (χ4n) is 8.92. The molecule has 0 aliphatic heterocycles. The van der Waals surface area contributed by atoms with Gasteiger partial charge >= 0.3 is 0 Å². The van der Waals surface area contributed by atoms with Gasteiger partial charge in [0.25, 0.3) is 0 Å². The van der Waals surface area contributed by atoms with E-state index < -0.39 is 0 Å². The summed E-state index contributed by atoms with van der Waals surface area (Å²) < 4.78 is 5.17. The topological polar surface area (TPSA) is 4.93 Å². The van der Waals surface area contributed by atoms with Gasteiger partial charge in [-0.25, -0.2) is 0 Å². The van der Waals surface area contributed by atoms with Crippen LogP contribution in [0.2, 0.25) is 0 Å². The number of hydrogen-bond donors (Lipinski definition) is 0. The van der Waals surface area contributed by atoms with E-state index in [1.165, 1.54) is 103 Å². The van der Waals surface area contributed by atoms with Crippen molar-refractivity contribution in [2.75, 3.05) is 0 Å². The maximum atomic E-state index is 2.46. The molecule has 8 aromatic carbocycles. The molecule has 0 saturated heterocycles. The van der Waals surface area contributed by atoms with Gasteiger partial charge in [0.1, 0.15) is 0 Å². The second-order valence-corrected chi connectivity index (χ2v) is 16.0. The number of para-hydroxylation sites is 1. The van der Waals surface area contributed by atoms with Gasteiger partial charge in [0, 0.05) is 47.6 Å². The zero-order valence-corrected chi connectivity index (χ0v) is 30.4. The fraction of sp³-hybridized carbons (Fsp3) is 0.0588. The number of thiophene rings is 1. The minimum Gasteiger partial charge on any atom is -0.309 e. The molecule has 250 valence electrons. The Balaban J connectivity index is 1.09. The van der Waals surface area contributed by atoms with E-state index in [1.54, 1.807) is 0 Å². The number of fused-ring (bicyclic) bond motifs is 10. The van der Waals surface area contributed by atoms with E-state index in [2.05, 4.69) is 194 Å². The minimum absolute atomic E-state index is 0.0592. The van der Waals surface area contributed by atoms with Crippen molar-refractivity contribution in [2.24, 2.45) is 0 Å². The second kappa shape index (κ2) is 11.4. The quantitative estimate of drug-likeness (QED) is 0.173. The van der Waals surface area contributed by atoms with E-state index in [-0.39, 0.29) is 5.41 Å². The van der Waals surface area contributed by atoms with Gasteiger partial charge in [0.2, 0.25) is 0 Å². The van der Waals surface area contributed by atoms with E-state index in [0.717, 1.165) is 0 Å². The molecule has 2 heteroatoms. The predicted octanol–water partition coefficient (Wildman–Crippen LogP) is 14.5. The van der Waals surface area contributed by atoms with E-state index in [1.807, 2.05) is 11.3 Å². The highest BCUT2D eigenvalue weighted by atomic mass is 32.1. The SMILES string of the molecule is CC1(C)c2ccc(-c3ccc4c(c3)c3cc(-c5ccc(-c6ccccc6)cc5)ccc3n4-c3ccccc3)cc2-c2c1ccc1c2sc2ccccc21. The fourth-order valence-corrected chi connectivity index (χ4v) is 10.2. The van der Waals surface area contributed by atoms with Crippen LogP contribution in [0.25, 0.3) is 92.2 Å². The van der Waals surface area contributed by atoms with Crippen molar-refractivity contribution in [3.63, 3.8) is 0 Å². The summed E-state index contributed by atoms with van der Waals surface area (Å²) >= 11 is 1.93. The first-order chi connectivity index (χ1) is 26.0. The Morgan fingerprint density at radius 2 is 0.943 bits per heavy atom. The maximum absolute atomic E-state index is 2.46. The molecule has 0 saturated carbocycles. The Kier molecular flexibility index (Phi) is 6.53. The Hall–Kier alpha value is -6.22. The first kappa shape index (κ1) is 30.4. The Bertz CT molecular complexity index is 3050. The first-order valence-electron chi connectivity index (χ1n) is 18.4. The highest BCUT2D eigenvalue weighted by molar-refractivity contribution is 7.26. The van der Waals surface area contributed by atoms with E-state index in [9.17, 15) is 0 Å². The molecular weight excluding hydrogens is 659 g/mol. The lowest BCUT2D eigenvalue weighted by Crippen LogP contribution is -2.14. The monoisotopic (exact) mass is 693 g/mol. The van der Waals surface area contributed by atoms with Crippen LogP contribution in [0.5, 0.6) is 0 Å². The van der Waals surface area contributed by atoms with E-state index in [0.29, 0.717) is 0 Å². The van der Waals surface area contributed by atoms with Gasteiger partial charge in [-0.1, -0.05) is 141 Å². The molecule has 0 amide bonds. The summed E-state index contributed by atoms with van der Waals surface area (Å²) in [6.07, 6.45) is 0. The Labute approximate surface area is 313 Å². The van der Waals surface area contributed by atoms with Gasteiger partial charge < -0.3 is 4.57 Å². The maximum Gasteiger partial charge on any atom is 0.0541 e. The molecule has 0 unspecified atom stereocenters. The first-order valence-corrected chi connectivity index (χ1v) is 19.2. The van der Waals surface area contributed by atoms with Crippen LogP contribution < -0.4 is 0 Å². The zero-order valence-electron chi connectivity index (χ0n) is 29.6. The minimum atomic E-state index is -0.0592. The molecule has 1 aliphatic rings. The van der Waals surface area contributed by atoms with Crippen LogP contribution in [0, 0.1) is 0 Å². The number of nitrogens with zero attached hydrogens (tertiary/aromatic N) is 1. The summed E-state index contributed by atoms with van der Waals surface area (Å²) in [5.41, 5.74) is 16.5. The van der Waals surface area contributed by atoms with Gasteiger partial charge in [-0.15, -0.1) is 11.3 Å². The summed E-state index contributed by atoms with van der Waals surface area (Å²) in [4.78, 5) is 0. The normalized spacial score (nSPS) is 13.2. The van der Waals surface area contributed by atoms with Crippen molar-refractivity contribution in [3.05, 3.63) is 187 Å². The molecule has 1 nitrogen and oxygen atoms in total. The van der Waals surface area contributed by atoms with Crippen molar-refractivity contribution >= 4 is 53.3 Å². The van der Waals surface area contributed by atoms with Crippen molar-refractivity contribution in [3.8, 4) is 50.2 Å². The highest BCUT2D eigenvalue weighted by Gasteiger charge is 2.37. The molecule has 2 aromatic heterocycles. The molecule has 53 heavy (non-hydrogen) atoms. The van der Waals surface area contributed by atoms with Crippen LogP contribution in [0.15, 0.2) is 176 Å². The number of aromatic nitrogens is 1. The average molecular weight is 694 g/mol. The molecular formula is C51H35NS. The van der Waals surface area contributed by atoms with Gasteiger partial charge in [-0.3, -0.25) is 0 Å². The van der Waals surface area contributed by atoms with Gasteiger partial charge in [0.15, 0.2) is 0 Å². The Morgan fingerprint density at radius 3 is 1.66 bits per heavy atom. The van der Waals surface area contributed by atoms with Crippen LogP contribution in [-0.2, 0) is 5.41 Å². The number of rotatable bonds is 4. The van der Waals surface area contributed by atoms with Crippen LogP contribution in [0.1, 0.15) is 25.0 Å². The van der Waals surface area contributed by atoms with Crippen molar-refractivity contribution in [2.45, 2.75) is 19.3 Å². The molecule has 2 heterocycles. The second-order valence-electron chi connectivity index (χ2n) is 14.9. The van der Waals surface area contributed by atoms with Gasteiger partial charge in [-0.05, 0) is 98.6 Å². The summed E-state index contributed by atoms with van der Waals surface area (Å²) in [6.45, 7) is 4.77. The summed E-state index contributed by atoms with van der Waals surface area (Å²) in [5, 5.41) is 5.23. The van der Waals surface area contributed by atoms with Gasteiger partial charge in [-0.2, -0.15) is 0 Å². The van der Waals surface area contributed by atoms with Crippen LogP contribution in [0.4, 0.5) is 0 Å². The molecule has 1 aliphatic carbocycles. The molecule has 0 spiro atoms. The number of benzene rings is 8. The van der Waals surface area contributed by atoms with Crippen molar-refractivity contribution in [1.82, 2.24) is 4.57 Å². The third-order valence-corrected chi connectivity index (χ3v) is 12.8. The third kappa shape index (κ3) is 4.56. The summed E-state index contributed by atoms with van der Waals surface area (Å²) in [7, 11) is 0. The predicted molar refractivity (Wildman–Crippen MR) is 228 cm³/mol. The van der Waals surface area contributed by atoms with Crippen molar-refractivity contribution < 1.29 is 0 Å². The third-order valence-electron chi connectivity index (χ3n) is 11.6. The Morgan fingerprint density at radius 1 is 0.415 bits per heavy atom. The lowest BCUT2D eigenvalue weighted by atomic mass is 9.82. The van der Waals surface area contributed by atoms with E-state index >= 15 is 0 Å².